The van der Waals surface area contributed by atoms with E-state index in [4.69, 9.17) is 9.47 Å². The van der Waals surface area contributed by atoms with E-state index >= 15 is 0 Å². The molecule has 6 nitrogen and oxygen atoms in total. The maximum atomic E-state index is 5.52. The van der Waals surface area contributed by atoms with E-state index in [2.05, 4.69) is 44.8 Å². The van der Waals surface area contributed by atoms with Gasteiger partial charge in [0.05, 0.1) is 13.2 Å². The van der Waals surface area contributed by atoms with E-state index in [-0.39, 0.29) is 0 Å². The second-order valence-corrected chi connectivity index (χ2v) is 5.93. The summed E-state index contributed by atoms with van der Waals surface area (Å²) in [6.07, 6.45) is 2.27. The van der Waals surface area contributed by atoms with Gasteiger partial charge < -0.3 is 14.4 Å². The zero-order valence-electron chi connectivity index (χ0n) is 14.7. The second kappa shape index (κ2) is 7.66. The van der Waals surface area contributed by atoms with Crippen molar-refractivity contribution in [3.63, 3.8) is 0 Å². The summed E-state index contributed by atoms with van der Waals surface area (Å²) in [5, 5.41) is 8.82. The molecule has 1 aliphatic heterocycles. The van der Waals surface area contributed by atoms with E-state index in [1.807, 2.05) is 13.0 Å². The predicted molar refractivity (Wildman–Crippen MR) is 93.3 cm³/mol. The largest absolute Gasteiger partial charge is 0.497 e. The van der Waals surface area contributed by atoms with Crippen LogP contribution in [-0.4, -0.2) is 35.0 Å². The molecule has 0 aliphatic carbocycles. The molecule has 2 aromatic rings. The minimum atomic E-state index is 0.314. The number of hydrogen-bond donors (Lipinski definition) is 0. The quantitative estimate of drug-likeness (QED) is 0.780. The van der Waals surface area contributed by atoms with Crippen LogP contribution in [0.4, 0.5) is 5.95 Å². The van der Waals surface area contributed by atoms with Crippen LogP contribution in [0.25, 0.3) is 0 Å². The van der Waals surface area contributed by atoms with E-state index in [1.54, 1.807) is 7.11 Å². The van der Waals surface area contributed by atoms with Crippen molar-refractivity contribution in [1.82, 2.24) is 14.8 Å². The van der Waals surface area contributed by atoms with Gasteiger partial charge in [-0.3, -0.25) is 4.57 Å². The molecular formula is C18H26N4O2. The zero-order valence-corrected chi connectivity index (χ0v) is 14.7. The monoisotopic (exact) mass is 330 g/mol. The SMILES string of the molecule is CCOCc1nnc(N2CCCC2c2cccc(OC)c2)n1CC. The number of rotatable bonds is 7. The fourth-order valence-electron chi connectivity index (χ4n) is 3.36. The summed E-state index contributed by atoms with van der Waals surface area (Å²) in [6.45, 7) is 7.14. The number of aromatic nitrogens is 3. The second-order valence-electron chi connectivity index (χ2n) is 5.93. The van der Waals surface area contributed by atoms with Gasteiger partial charge in [0.15, 0.2) is 5.82 Å². The van der Waals surface area contributed by atoms with Gasteiger partial charge in [-0.25, -0.2) is 0 Å². The Balaban J connectivity index is 1.89. The molecule has 130 valence electrons. The molecule has 1 saturated heterocycles. The lowest BCUT2D eigenvalue weighted by Gasteiger charge is -2.26. The summed E-state index contributed by atoms with van der Waals surface area (Å²) in [4.78, 5) is 2.36. The molecule has 0 radical (unpaired) electrons. The van der Waals surface area contributed by atoms with Crippen molar-refractivity contribution in [2.45, 2.75) is 45.9 Å². The number of nitrogens with zero attached hydrogens (tertiary/aromatic N) is 4. The van der Waals surface area contributed by atoms with Crippen molar-refractivity contribution >= 4 is 5.95 Å². The Kier molecular flexibility index (Phi) is 5.35. The summed E-state index contributed by atoms with van der Waals surface area (Å²) in [5.41, 5.74) is 1.27. The Labute approximate surface area is 143 Å². The third-order valence-corrected chi connectivity index (χ3v) is 4.55. The number of methoxy groups -OCH3 is 1. The van der Waals surface area contributed by atoms with Gasteiger partial charge in [0, 0.05) is 19.7 Å². The first-order valence-electron chi connectivity index (χ1n) is 8.68. The summed E-state index contributed by atoms with van der Waals surface area (Å²) in [7, 11) is 1.71. The van der Waals surface area contributed by atoms with Crippen molar-refractivity contribution in [2.24, 2.45) is 0 Å². The number of benzene rings is 1. The fraction of sp³-hybridized carbons (Fsp3) is 0.556. The van der Waals surface area contributed by atoms with Gasteiger partial charge in [-0.05, 0) is 44.4 Å². The molecule has 1 aliphatic rings. The molecule has 1 unspecified atom stereocenters. The molecule has 3 rings (SSSR count). The van der Waals surface area contributed by atoms with Crippen LogP contribution in [-0.2, 0) is 17.9 Å². The third kappa shape index (κ3) is 3.24. The molecule has 1 atom stereocenters. The fourth-order valence-corrected chi connectivity index (χ4v) is 3.36. The molecule has 0 amide bonds. The summed E-state index contributed by atoms with van der Waals surface area (Å²) >= 11 is 0. The van der Waals surface area contributed by atoms with Gasteiger partial charge in [0.2, 0.25) is 5.95 Å². The Bertz CT molecular complexity index is 671. The highest BCUT2D eigenvalue weighted by Crippen LogP contribution is 2.36. The molecule has 0 N–H and O–H groups in total. The number of hydrogen-bond acceptors (Lipinski definition) is 5. The Morgan fingerprint density at radius 2 is 2.12 bits per heavy atom. The molecule has 1 aromatic carbocycles. The summed E-state index contributed by atoms with van der Waals surface area (Å²) in [5.74, 6) is 2.73. The van der Waals surface area contributed by atoms with E-state index < -0.39 is 0 Å². The standard InChI is InChI=1S/C18H26N4O2/c1-4-21-17(13-24-5-2)19-20-18(21)22-11-7-10-16(22)14-8-6-9-15(12-14)23-3/h6,8-9,12,16H,4-5,7,10-11,13H2,1-3H3. The lowest BCUT2D eigenvalue weighted by atomic mass is 10.0. The number of anilines is 1. The third-order valence-electron chi connectivity index (χ3n) is 4.55. The van der Waals surface area contributed by atoms with Crippen molar-refractivity contribution in [3.8, 4) is 5.75 Å². The minimum absolute atomic E-state index is 0.314. The van der Waals surface area contributed by atoms with Gasteiger partial charge in [-0.2, -0.15) is 0 Å². The Morgan fingerprint density at radius 1 is 1.25 bits per heavy atom. The highest BCUT2D eigenvalue weighted by atomic mass is 16.5. The van der Waals surface area contributed by atoms with Crippen LogP contribution in [0.1, 0.15) is 44.1 Å². The zero-order chi connectivity index (χ0) is 16.9. The van der Waals surface area contributed by atoms with E-state index in [1.165, 1.54) is 5.56 Å². The van der Waals surface area contributed by atoms with Gasteiger partial charge in [-0.1, -0.05) is 12.1 Å². The van der Waals surface area contributed by atoms with Crippen LogP contribution in [0.3, 0.4) is 0 Å². The highest BCUT2D eigenvalue weighted by molar-refractivity contribution is 5.41. The van der Waals surface area contributed by atoms with Crippen LogP contribution in [0.15, 0.2) is 24.3 Å². The van der Waals surface area contributed by atoms with Crippen molar-refractivity contribution in [2.75, 3.05) is 25.2 Å². The smallest absolute Gasteiger partial charge is 0.227 e. The highest BCUT2D eigenvalue weighted by Gasteiger charge is 2.30. The average molecular weight is 330 g/mol. The lowest BCUT2D eigenvalue weighted by Crippen LogP contribution is -2.26. The van der Waals surface area contributed by atoms with Crippen molar-refractivity contribution in [1.29, 1.82) is 0 Å². The van der Waals surface area contributed by atoms with E-state index in [0.717, 1.165) is 43.5 Å². The number of ether oxygens (including phenoxy) is 2. The van der Waals surface area contributed by atoms with Gasteiger partial charge in [-0.15, -0.1) is 10.2 Å². The molecular weight excluding hydrogens is 304 g/mol. The molecule has 0 spiro atoms. The van der Waals surface area contributed by atoms with Gasteiger partial charge in [0.1, 0.15) is 12.4 Å². The first-order valence-corrected chi connectivity index (χ1v) is 8.68. The van der Waals surface area contributed by atoms with Crippen LogP contribution < -0.4 is 9.64 Å². The lowest BCUT2D eigenvalue weighted by molar-refractivity contribution is 0.125. The topological polar surface area (TPSA) is 52.4 Å². The molecule has 0 saturated carbocycles. The van der Waals surface area contributed by atoms with Crippen LogP contribution >= 0.6 is 0 Å². The summed E-state index contributed by atoms with van der Waals surface area (Å²) in [6, 6.07) is 8.64. The Hall–Kier alpha value is -2.08. The first-order chi connectivity index (χ1) is 11.8. The van der Waals surface area contributed by atoms with Crippen molar-refractivity contribution < 1.29 is 9.47 Å². The van der Waals surface area contributed by atoms with Crippen LogP contribution in [0.5, 0.6) is 5.75 Å². The predicted octanol–water partition coefficient (Wildman–Crippen LogP) is 3.18. The van der Waals surface area contributed by atoms with E-state index in [0.29, 0.717) is 19.3 Å². The van der Waals surface area contributed by atoms with Crippen LogP contribution in [0.2, 0.25) is 0 Å². The minimum Gasteiger partial charge on any atom is -0.497 e. The van der Waals surface area contributed by atoms with Gasteiger partial charge in [0.25, 0.3) is 0 Å². The molecule has 2 heterocycles. The molecule has 0 bridgehead atoms. The molecule has 1 aromatic heterocycles. The maximum Gasteiger partial charge on any atom is 0.227 e. The molecule has 6 heteroatoms. The van der Waals surface area contributed by atoms with E-state index in [9.17, 15) is 0 Å². The van der Waals surface area contributed by atoms with Crippen molar-refractivity contribution in [3.05, 3.63) is 35.7 Å². The first kappa shape index (κ1) is 16.8. The maximum absolute atomic E-state index is 5.52. The molecule has 1 fully saturated rings. The van der Waals surface area contributed by atoms with Gasteiger partial charge >= 0.3 is 0 Å². The Morgan fingerprint density at radius 3 is 2.88 bits per heavy atom. The van der Waals surface area contributed by atoms with Crippen LogP contribution in [0, 0.1) is 0 Å². The normalized spacial score (nSPS) is 17.5. The average Bonchev–Trinajstić information content (AvgIpc) is 3.25. The summed E-state index contributed by atoms with van der Waals surface area (Å²) < 4.78 is 13.1. The molecule has 24 heavy (non-hydrogen) atoms.